The summed E-state index contributed by atoms with van der Waals surface area (Å²) in [5.41, 5.74) is 5.30. The molecular weight excluding hydrogens is 274 g/mol. The van der Waals surface area contributed by atoms with Crippen LogP contribution in [0, 0.1) is 5.92 Å². The second kappa shape index (κ2) is 7.61. The number of piperidine rings is 2. The fourth-order valence-corrected chi connectivity index (χ4v) is 3.10. The minimum Gasteiger partial charge on any atom is -0.394 e. The standard InChI is InChI=1S/C14H25N3O4/c15-14(20)17-5-1-2-11(10-17)13(19)16-6-3-12(4-7-16)21-9-8-18/h11-12,18H,1-10H2,(H2,15,20). The molecule has 0 aromatic heterocycles. The van der Waals surface area contributed by atoms with E-state index in [-0.39, 0.29) is 24.5 Å². The van der Waals surface area contributed by atoms with Crippen molar-refractivity contribution in [3.05, 3.63) is 0 Å². The molecule has 2 aliphatic rings. The molecule has 2 aliphatic heterocycles. The first-order valence-corrected chi connectivity index (χ1v) is 7.67. The Balaban J connectivity index is 1.80. The lowest BCUT2D eigenvalue weighted by molar-refractivity contribution is -0.139. The van der Waals surface area contributed by atoms with Gasteiger partial charge in [0.25, 0.3) is 0 Å². The number of nitrogens with two attached hydrogens (primary N) is 1. The summed E-state index contributed by atoms with van der Waals surface area (Å²) in [6, 6.07) is -0.441. The van der Waals surface area contributed by atoms with E-state index in [1.165, 1.54) is 0 Å². The van der Waals surface area contributed by atoms with Gasteiger partial charge in [-0.15, -0.1) is 0 Å². The first-order chi connectivity index (χ1) is 10.1. The van der Waals surface area contributed by atoms with Crippen LogP contribution in [0.2, 0.25) is 0 Å². The van der Waals surface area contributed by atoms with Crippen molar-refractivity contribution in [1.82, 2.24) is 9.80 Å². The predicted molar refractivity (Wildman–Crippen MR) is 76.5 cm³/mol. The molecule has 0 spiro atoms. The third kappa shape index (κ3) is 4.31. The Morgan fingerprint density at radius 3 is 2.48 bits per heavy atom. The number of aliphatic hydroxyl groups is 1. The SMILES string of the molecule is NC(=O)N1CCCC(C(=O)N2CCC(OCCO)CC2)C1. The highest BCUT2D eigenvalue weighted by molar-refractivity contribution is 5.80. The van der Waals surface area contributed by atoms with E-state index in [2.05, 4.69) is 0 Å². The number of aliphatic hydroxyl groups excluding tert-OH is 1. The fraction of sp³-hybridized carbons (Fsp3) is 0.857. The van der Waals surface area contributed by atoms with Gasteiger partial charge in [-0.3, -0.25) is 4.79 Å². The lowest BCUT2D eigenvalue weighted by Gasteiger charge is -2.37. The molecule has 3 amide bonds. The molecule has 0 aliphatic carbocycles. The molecule has 3 N–H and O–H groups in total. The molecular formula is C14H25N3O4. The Hall–Kier alpha value is -1.34. The molecule has 0 aromatic rings. The Morgan fingerprint density at radius 2 is 1.86 bits per heavy atom. The van der Waals surface area contributed by atoms with E-state index < -0.39 is 6.03 Å². The van der Waals surface area contributed by atoms with E-state index in [4.69, 9.17) is 15.6 Å². The zero-order valence-corrected chi connectivity index (χ0v) is 12.4. The summed E-state index contributed by atoms with van der Waals surface area (Å²) in [5.74, 6) is 0.00252. The van der Waals surface area contributed by atoms with E-state index in [9.17, 15) is 9.59 Å². The van der Waals surface area contributed by atoms with Crippen LogP contribution in [0.25, 0.3) is 0 Å². The molecule has 7 heteroatoms. The number of primary amides is 1. The molecule has 7 nitrogen and oxygen atoms in total. The molecule has 1 atom stereocenters. The molecule has 2 rings (SSSR count). The lowest BCUT2D eigenvalue weighted by Crippen LogP contribution is -2.50. The minimum atomic E-state index is -0.441. The first kappa shape index (κ1) is 16.0. The second-order valence-corrected chi connectivity index (χ2v) is 5.74. The van der Waals surface area contributed by atoms with Crippen molar-refractivity contribution in [1.29, 1.82) is 0 Å². The van der Waals surface area contributed by atoms with E-state index in [1.807, 2.05) is 4.90 Å². The van der Waals surface area contributed by atoms with Crippen LogP contribution in [0.5, 0.6) is 0 Å². The molecule has 2 heterocycles. The van der Waals surface area contributed by atoms with Gasteiger partial charge in [-0.25, -0.2) is 4.79 Å². The van der Waals surface area contributed by atoms with Crippen molar-refractivity contribution < 1.29 is 19.4 Å². The Bertz CT molecular complexity index is 369. The summed E-state index contributed by atoms with van der Waals surface area (Å²) in [6.07, 6.45) is 3.39. The molecule has 1 unspecified atom stereocenters. The topological polar surface area (TPSA) is 96.1 Å². The van der Waals surface area contributed by atoms with Gasteiger partial charge in [-0.1, -0.05) is 0 Å². The number of urea groups is 1. The van der Waals surface area contributed by atoms with Crippen LogP contribution in [0.3, 0.4) is 0 Å². The van der Waals surface area contributed by atoms with Gasteiger partial charge in [0.05, 0.1) is 25.2 Å². The molecule has 21 heavy (non-hydrogen) atoms. The van der Waals surface area contributed by atoms with Gasteiger partial charge in [0.1, 0.15) is 0 Å². The lowest BCUT2D eigenvalue weighted by atomic mass is 9.95. The van der Waals surface area contributed by atoms with Crippen molar-refractivity contribution in [3.63, 3.8) is 0 Å². The van der Waals surface area contributed by atoms with Gasteiger partial charge < -0.3 is 25.4 Å². The Kier molecular flexibility index (Phi) is 5.81. The number of hydrogen-bond donors (Lipinski definition) is 2. The quantitative estimate of drug-likeness (QED) is 0.750. The third-order valence-corrected chi connectivity index (χ3v) is 4.28. The molecule has 120 valence electrons. The molecule has 0 saturated carbocycles. The van der Waals surface area contributed by atoms with Gasteiger partial charge in [-0.05, 0) is 25.7 Å². The zero-order chi connectivity index (χ0) is 15.2. The number of likely N-dealkylation sites (tertiary alicyclic amines) is 2. The minimum absolute atomic E-state index is 0.0319. The molecule has 0 bridgehead atoms. The summed E-state index contributed by atoms with van der Waals surface area (Å²) in [6.45, 7) is 2.84. The van der Waals surface area contributed by atoms with Gasteiger partial charge in [0.15, 0.2) is 0 Å². The van der Waals surface area contributed by atoms with E-state index in [1.54, 1.807) is 4.90 Å². The van der Waals surface area contributed by atoms with Crippen LogP contribution in [0.4, 0.5) is 4.79 Å². The molecule has 2 saturated heterocycles. The van der Waals surface area contributed by atoms with Crippen LogP contribution in [-0.2, 0) is 9.53 Å². The zero-order valence-electron chi connectivity index (χ0n) is 12.4. The van der Waals surface area contributed by atoms with Gasteiger partial charge in [0, 0.05) is 26.2 Å². The van der Waals surface area contributed by atoms with Gasteiger partial charge in [0.2, 0.25) is 5.91 Å². The second-order valence-electron chi connectivity index (χ2n) is 5.74. The average Bonchev–Trinajstić information content (AvgIpc) is 2.53. The van der Waals surface area contributed by atoms with Crippen molar-refractivity contribution in [2.45, 2.75) is 31.8 Å². The highest BCUT2D eigenvalue weighted by Crippen LogP contribution is 2.22. The summed E-state index contributed by atoms with van der Waals surface area (Å²) in [4.78, 5) is 27.2. The molecule has 0 radical (unpaired) electrons. The number of nitrogens with zero attached hydrogens (tertiary/aromatic N) is 2. The number of carbonyl (C=O) groups excluding carboxylic acids is 2. The van der Waals surface area contributed by atoms with Crippen molar-refractivity contribution in [2.75, 3.05) is 39.4 Å². The van der Waals surface area contributed by atoms with Crippen LogP contribution >= 0.6 is 0 Å². The van der Waals surface area contributed by atoms with Crippen molar-refractivity contribution >= 4 is 11.9 Å². The molecule has 2 fully saturated rings. The fourth-order valence-electron chi connectivity index (χ4n) is 3.10. The maximum Gasteiger partial charge on any atom is 0.314 e. The normalized spacial score (nSPS) is 24.1. The monoisotopic (exact) mass is 299 g/mol. The van der Waals surface area contributed by atoms with Crippen LogP contribution in [0.15, 0.2) is 0 Å². The summed E-state index contributed by atoms with van der Waals surface area (Å²) < 4.78 is 5.50. The van der Waals surface area contributed by atoms with Crippen LogP contribution in [-0.4, -0.2) is 72.3 Å². The highest BCUT2D eigenvalue weighted by atomic mass is 16.5. The molecule has 0 aromatic carbocycles. The van der Waals surface area contributed by atoms with Crippen molar-refractivity contribution in [2.24, 2.45) is 11.7 Å². The number of rotatable bonds is 4. The van der Waals surface area contributed by atoms with Crippen LogP contribution < -0.4 is 5.73 Å². The van der Waals surface area contributed by atoms with Crippen LogP contribution in [0.1, 0.15) is 25.7 Å². The van der Waals surface area contributed by atoms with E-state index in [0.717, 1.165) is 25.7 Å². The Labute approximate surface area is 125 Å². The maximum absolute atomic E-state index is 12.5. The smallest absolute Gasteiger partial charge is 0.314 e. The van der Waals surface area contributed by atoms with Gasteiger partial charge >= 0.3 is 6.03 Å². The number of carbonyl (C=O) groups is 2. The number of amides is 3. The number of ether oxygens (including phenoxy) is 1. The Morgan fingerprint density at radius 1 is 1.14 bits per heavy atom. The summed E-state index contributed by atoms with van der Waals surface area (Å²) in [7, 11) is 0. The summed E-state index contributed by atoms with van der Waals surface area (Å²) >= 11 is 0. The number of hydrogen-bond acceptors (Lipinski definition) is 4. The van der Waals surface area contributed by atoms with Gasteiger partial charge in [-0.2, -0.15) is 0 Å². The van der Waals surface area contributed by atoms with Crippen molar-refractivity contribution in [3.8, 4) is 0 Å². The largest absolute Gasteiger partial charge is 0.394 e. The van der Waals surface area contributed by atoms with E-state index >= 15 is 0 Å². The third-order valence-electron chi connectivity index (χ3n) is 4.28. The highest BCUT2D eigenvalue weighted by Gasteiger charge is 2.32. The van der Waals surface area contributed by atoms with E-state index in [0.29, 0.717) is 32.8 Å². The first-order valence-electron chi connectivity index (χ1n) is 7.67. The predicted octanol–water partition coefficient (Wildman–Crippen LogP) is -0.223. The maximum atomic E-state index is 12.5. The summed E-state index contributed by atoms with van der Waals surface area (Å²) in [5, 5.41) is 8.75. The average molecular weight is 299 g/mol.